The second kappa shape index (κ2) is 11.7. The highest BCUT2D eigenvalue weighted by atomic mass is 35.5. The summed E-state index contributed by atoms with van der Waals surface area (Å²) >= 11 is 0. The van der Waals surface area contributed by atoms with E-state index in [4.69, 9.17) is 5.73 Å². The summed E-state index contributed by atoms with van der Waals surface area (Å²) in [5.74, 6) is 0.154. The van der Waals surface area contributed by atoms with Crippen LogP contribution in [0.4, 0.5) is 5.69 Å². The van der Waals surface area contributed by atoms with Crippen LogP contribution < -0.4 is 11.1 Å². The predicted octanol–water partition coefficient (Wildman–Crippen LogP) is 2.72. The van der Waals surface area contributed by atoms with Crippen LogP contribution in [0.2, 0.25) is 0 Å². The number of carbonyl (C=O) groups excluding carboxylic acids is 1. The van der Waals surface area contributed by atoms with Gasteiger partial charge in [0.2, 0.25) is 5.91 Å². The zero-order chi connectivity index (χ0) is 17.6. The number of anilines is 1. The van der Waals surface area contributed by atoms with Gasteiger partial charge in [0.05, 0.1) is 0 Å². The van der Waals surface area contributed by atoms with E-state index in [9.17, 15) is 4.79 Å². The Morgan fingerprint density at radius 3 is 2.33 bits per heavy atom. The van der Waals surface area contributed by atoms with Gasteiger partial charge in [0.15, 0.2) is 0 Å². The first-order valence-corrected chi connectivity index (χ1v) is 9.67. The van der Waals surface area contributed by atoms with Crippen molar-refractivity contribution in [3.05, 3.63) is 29.8 Å². The molecule has 2 saturated heterocycles. The van der Waals surface area contributed by atoms with Gasteiger partial charge in [0.1, 0.15) is 0 Å². The lowest BCUT2D eigenvalue weighted by Crippen LogP contribution is -2.50. The summed E-state index contributed by atoms with van der Waals surface area (Å²) in [5.41, 5.74) is 7.79. The highest BCUT2D eigenvalue weighted by Crippen LogP contribution is 2.20. The topological polar surface area (TPSA) is 61.6 Å². The average Bonchev–Trinajstić information content (AvgIpc) is 2.62. The Labute approximate surface area is 175 Å². The highest BCUT2D eigenvalue weighted by Gasteiger charge is 2.27. The summed E-state index contributed by atoms with van der Waals surface area (Å²) in [5, 5.41) is 3.22. The van der Waals surface area contributed by atoms with E-state index in [1.807, 2.05) is 24.3 Å². The SMILES string of the molecule is CN1CCC(N2CCC(NC(=O)CCc3ccccc3N)CC2)CC1.Cl.Cl. The third-order valence-electron chi connectivity index (χ3n) is 5.78. The number of rotatable bonds is 5. The summed E-state index contributed by atoms with van der Waals surface area (Å²) < 4.78 is 0. The van der Waals surface area contributed by atoms with Crippen molar-refractivity contribution < 1.29 is 4.79 Å². The molecule has 1 aromatic rings. The van der Waals surface area contributed by atoms with Gasteiger partial charge in [0, 0.05) is 37.3 Å². The van der Waals surface area contributed by atoms with E-state index in [0.29, 0.717) is 18.9 Å². The highest BCUT2D eigenvalue weighted by molar-refractivity contribution is 5.85. The first-order chi connectivity index (χ1) is 12.1. The largest absolute Gasteiger partial charge is 0.399 e. The molecule has 0 saturated carbocycles. The molecule has 7 heteroatoms. The lowest BCUT2D eigenvalue weighted by molar-refractivity contribution is -0.122. The number of nitrogens with one attached hydrogen (secondary N) is 1. The molecule has 154 valence electrons. The molecule has 0 atom stereocenters. The van der Waals surface area contributed by atoms with Crippen LogP contribution in [-0.4, -0.2) is 61.0 Å². The molecule has 1 amide bonds. The van der Waals surface area contributed by atoms with Crippen molar-refractivity contribution in [2.75, 3.05) is 39.0 Å². The Morgan fingerprint density at radius 2 is 1.70 bits per heavy atom. The number of nitrogen functional groups attached to an aromatic ring is 1. The molecule has 2 heterocycles. The normalized spacial score (nSPS) is 19.7. The van der Waals surface area contributed by atoms with E-state index < -0.39 is 0 Å². The number of hydrogen-bond acceptors (Lipinski definition) is 4. The number of amides is 1. The molecule has 0 unspecified atom stereocenters. The Morgan fingerprint density at radius 1 is 1.07 bits per heavy atom. The molecule has 0 aromatic heterocycles. The molecule has 5 nitrogen and oxygen atoms in total. The number of nitrogens with two attached hydrogens (primary N) is 1. The molecule has 1 aromatic carbocycles. The van der Waals surface area contributed by atoms with Gasteiger partial charge in [-0.2, -0.15) is 0 Å². The van der Waals surface area contributed by atoms with E-state index in [1.165, 1.54) is 25.9 Å². The van der Waals surface area contributed by atoms with Gasteiger partial charge in [-0.25, -0.2) is 0 Å². The van der Waals surface area contributed by atoms with Crippen LogP contribution in [0.1, 0.15) is 37.7 Å². The molecule has 27 heavy (non-hydrogen) atoms. The summed E-state index contributed by atoms with van der Waals surface area (Å²) in [4.78, 5) is 17.3. The smallest absolute Gasteiger partial charge is 0.220 e. The Kier molecular flexibility index (Phi) is 10.5. The summed E-state index contributed by atoms with van der Waals surface area (Å²) in [6.07, 6.45) is 5.95. The predicted molar refractivity (Wildman–Crippen MR) is 117 cm³/mol. The van der Waals surface area contributed by atoms with Crippen LogP contribution in [0, 0.1) is 0 Å². The molecule has 2 aliphatic heterocycles. The van der Waals surface area contributed by atoms with Gasteiger partial charge < -0.3 is 20.9 Å². The molecule has 0 bridgehead atoms. The third-order valence-corrected chi connectivity index (χ3v) is 5.78. The van der Waals surface area contributed by atoms with E-state index in [1.54, 1.807) is 0 Å². The third kappa shape index (κ3) is 7.15. The van der Waals surface area contributed by atoms with Gasteiger partial charge >= 0.3 is 0 Å². The van der Waals surface area contributed by atoms with Crippen LogP contribution in [0.15, 0.2) is 24.3 Å². The zero-order valence-corrected chi connectivity index (χ0v) is 17.9. The van der Waals surface area contributed by atoms with Crippen molar-refractivity contribution in [1.29, 1.82) is 0 Å². The van der Waals surface area contributed by atoms with Gasteiger partial charge in [-0.1, -0.05) is 18.2 Å². The van der Waals surface area contributed by atoms with Crippen molar-refractivity contribution in [1.82, 2.24) is 15.1 Å². The summed E-state index contributed by atoms with van der Waals surface area (Å²) in [6, 6.07) is 8.88. The number of benzene rings is 1. The van der Waals surface area contributed by atoms with Crippen LogP contribution >= 0.6 is 24.8 Å². The fraction of sp³-hybridized carbons (Fsp3) is 0.650. The van der Waals surface area contributed by atoms with E-state index in [2.05, 4.69) is 22.2 Å². The van der Waals surface area contributed by atoms with Gasteiger partial charge in [-0.15, -0.1) is 24.8 Å². The number of halogens is 2. The summed E-state index contributed by atoms with van der Waals surface area (Å²) in [6.45, 7) is 4.66. The molecular weight excluding hydrogens is 383 g/mol. The first kappa shape index (κ1) is 24.0. The Bertz CT molecular complexity index is 571. The monoisotopic (exact) mass is 416 g/mol. The Balaban J connectivity index is 0.00000182. The lowest BCUT2D eigenvalue weighted by atomic mass is 9.98. The maximum atomic E-state index is 12.2. The quantitative estimate of drug-likeness (QED) is 0.724. The number of para-hydroxylation sites is 1. The van der Waals surface area contributed by atoms with Crippen molar-refractivity contribution in [3.8, 4) is 0 Å². The standard InChI is InChI=1S/C20H32N4O.2ClH/c1-23-12-10-18(11-13-23)24-14-8-17(9-15-24)22-20(25)7-6-16-4-2-3-5-19(16)21;;/h2-5,17-18H,6-15,21H2,1H3,(H,22,25);2*1H. The molecule has 2 aliphatic rings. The fourth-order valence-electron chi connectivity index (χ4n) is 4.08. The number of likely N-dealkylation sites (tertiary alicyclic amines) is 2. The van der Waals surface area contributed by atoms with Gasteiger partial charge in [-0.05, 0) is 63.9 Å². The van der Waals surface area contributed by atoms with Crippen LogP contribution in [0.5, 0.6) is 0 Å². The first-order valence-electron chi connectivity index (χ1n) is 9.67. The van der Waals surface area contributed by atoms with Crippen molar-refractivity contribution in [2.45, 2.75) is 50.6 Å². The molecular formula is C20H34Cl2N4O. The maximum Gasteiger partial charge on any atom is 0.220 e. The van der Waals surface area contributed by atoms with E-state index in [-0.39, 0.29) is 30.7 Å². The lowest BCUT2D eigenvalue weighted by Gasteiger charge is -2.41. The van der Waals surface area contributed by atoms with Gasteiger partial charge in [-0.3, -0.25) is 4.79 Å². The molecule has 2 fully saturated rings. The Hall–Kier alpha value is -1.01. The van der Waals surface area contributed by atoms with Gasteiger partial charge in [0.25, 0.3) is 0 Å². The number of aryl methyl sites for hydroxylation is 1. The van der Waals surface area contributed by atoms with Crippen molar-refractivity contribution in [3.63, 3.8) is 0 Å². The maximum absolute atomic E-state index is 12.2. The summed E-state index contributed by atoms with van der Waals surface area (Å²) in [7, 11) is 2.21. The fourth-order valence-corrected chi connectivity index (χ4v) is 4.08. The van der Waals surface area contributed by atoms with Crippen LogP contribution in [-0.2, 0) is 11.2 Å². The molecule has 0 aliphatic carbocycles. The molecule has 3 rings (SSSR count). The molecule has 0 spiro atoms. The minimum Gasteiger partial charge on any atom is -0.399 e. The second-order valence-corrected chi connectivity index (χ2v) is 7.61. The average molecular weight is 417 g/mol. The zero-order valence-electron chi connectivity index (χ0n) is 16.2. The van der Waals surface area contributed by atoms with Crippen LogP contribution in [0.3, 0.4) is 0 Å². The van der Waals surface area contributed by atoms with Crippen LogP contribution in [0.25, 0.3) is 0 Å². The molecule has 0 radical (unpaired) electrons. The van der Waals surface area contributed by atoms with Crippen molar-refractivity contribution in [2.24, 2.45) is 0 Å². The number of piperidine rings is 2. The minimum absolute atomic E-state index is 0. The molecule has 3 N–H and O–H groups in total. The van der Waals surface area contributed by atoms with E-state index in [0.717, 1.165) is 43.2 Å². The van der Waals surface area contributed by atoms with Crippen molar-refractivity contribution >= 4 is 36.4 Å². The number of nitrogens with zero attached hydrogens (tertiary/aromatic N) is 2. The minimum atomic E-state index is 0. The number of hydrogen-bond donors (Lipinski definition) is 2. The second-order valence-electron chi connectivity index (χ2n) is 7.61. The number of carbonyl (C=O) groups is 1. The van der Waals surface area contributed by atoms with E-state index >= 15 is 0 Å².